The Bertz CT molecular complexity index is 1440. The molecule has 0 aliphatic rings. The van der Waals surface area contributed by atoms with E-state index in [0.29, 0.717) is 0 Å². The Morgan fingerprint density at radius 1 is 0.425 bits per heavy atom. The van der Waals surface area contributed by atoms with Crippen LogP contribution in [0.15, 0.2) is 146 Å². The van der Waals surface area contributed by atoms with Crippen molar-refractivity contribution < 1.29 is 9.13 Å². The van der Waals surface area contributed by atoms with E-state index in [-0.39, 0.29) is 12.1 Å². The minimum absolute atomic E-state index is 0.106. The highest BCUT2D eigenvalue weighted by atomic mass is 15.0. The molecule has 0 radical (unpaired) electrons. The Balaban J connectivity index is 1.26. The van der Waals surface area contributed by atoms with E-state index in [1.807, 2.05) is 73.1 Å². The van der Waals surface area contributed by atoms with Crippen molar-refractivity contribution in [3.63, 3.8) is 0 Å². The molecule has 0 saturated carbocycles. The molecule has 194 valence electrons. The van der Waals surface area contributed by atoms with Crippen molar-refractivity contribution in [2.45, 2.75) is 24.9 Å². The number of hydrogen-bond donors (Lipinski definition) is 0. The minimum Gasteiger partial charge on any atom is -0.254 e. The molecule has 2 atom stereocenters. The highest BCUT2D eigenvalue weighted by Crippen LogP contribution is 2.21. The molecule has 0 fully saturated rings. The molecule has 0 aromatic carbocycles. The fourth-order valence-corrected chi connectivity index (χ4v) is 4.99. The van der Waals surface area contributed by atoms with Crippen molar-refractivity contribution in [2.75, 3.05) is 0 Å². The second-order valence-corrected chi connectivity index (χ2v) is 9.57. The fourth-order valence-electron chi connectivity index (χ4n) is 4.99. The molecule has 0 amide bonds. The highest BCUT2D eigenvalue weighted by Gasteiger charge is 2.27. The van der Waals surface area contributed by atoms with E-state index in [9.17, 15) is 0 Å². The van der Waals surface area contributed by atoms with E-state index in [0.717, 1.165) is 47.0 Å². The molecular weight excluding hydrogens is 492 g/mol. The molecule has 40 heavy (non-hydrogen) atoms. The Labute approximate surface area is 234 Å². The molecule has 0 aliphatic heterocycles. The maximum absolute atomic E-state index is 5.09. The van der Waals surface area contributed by atoms with Crippen molar-refractivity contribution >= 4 is 0 Å². The van der Waals surface area contributed by atoms with Gasteiger partial charge < -0.3 is 0 Å². The van der Waals surface area contributed by atoms with Gasteiger partial charge in [-0.1, -0.05) is 36.4 Å². The number of rotatable bonds is 9. The molecule has 0 saturated heterocycles. The summed E-state index contributed by atoms with van der Waals surface area (Å²) in [6, 6.07) is 36.5. The second-order valence-electron chi connectivity index (χ2n) is 9.57. The first kappa shape index (κ1) is 25.2. The Morgan fingerprint density at radius 3 is 1.25 bits per heavy atom. The van der Waals surface area contributed by atoms with E-state index in [2.05, 4.69) is 92.4 Å². The lowest BCUT2D eigenvalue weighted by atomic mass is 10.1. The topological polar surface area (TPSA) is 59.3 Å². The smallest absolute Gasteiger partial charge is 0.242 e. The molecule has 6 nitrogen and oxygen atoms in total. The molecule has 0 aliphatic carbocycles. The van der Waals surface area contributed by atoms with E-state index in [4.69, 9.17) is 9.97 Å². The maximum Gasteiger partial charge on any atom is 0.242 e. The van der Waals surface area contributed by atoms with Crippen LogP contribution in [0.25, 0.3) is 0 Å². The molecular formula is C34H30N6+2. The third-order valence-corrected chi connectivity index (χ3v) is 6.86. The van der Waals surface area contributed by atoms with Gasteiger partial charge in [0.15, 0.2) is 24.8 Å². The van der Waals surface area contributed by atoms with Gasteiger partial charge >= 0.3 is 0 Å². The quantitative estimate of drug-likeness (QED) is 0.254. The Hall–Kier alpha value is -5.10. The van der Waals surface area contributed by atoms with Gasteiger partial charge in [0.1, 0.15) is 22.8 Å². The fraction of sp³-hybridized carbons (Fsp3) is 0.118. The predicted molar refractivity (Wildman–Crippen MR) is 152 cm³/mol. The van der Waals surface area contributed by atoms with E-state index in [1.54, 1.807) is 0 Å². The lowest BCUT2D eigenvalue weighted by Crippen LogP contribution is -2.41. The van der Waals surface area contributed by atoms with Crippen LogP contribution < -0.4 is 9.13 Å². The van der Waals surface area contributed by atoms with Crippen LogP contribution in [0.3, 0.4) is 0 Å². The first-order chi connectivity index (χ1) is 19.8. The molecule has 0 spiro atoms. The number of nitrogens with zero attached hydrogens (tertiary/aromatic N) is 6. The van der Waals surface area contributed by atoms with Crippen LogP contribution in [0.1, 0.15) is 46.2 Å². The van der Waals surface area contributed by atoms with Crippen molar-refractivity contribution in [2.24, 2.45) is 0 Å². The van der Waals surface area contributed by atoms with Gasteiger partial charge in [0.25, 0.3) is 0 Å². The molecule has 6 heteroatoms. The molecule has 6 aromatic heterocycles. The van der Waals surface area contributed by atoms with E-state index < -0.39 is 0 Å². The van der Waals surface area contributed by atoms with Crippen LogP contribution in [0.2, 0.25) is 0 Å². The van der Waals surface area contributed by atoms with Gasteiger partial charge in [-0.3, -0.25) is 19.9 Å². The molecule has 0 bridgehead atoms. The predicted octanol–water partition coefficient (Wildman–Crippen LogP) is 4.90. The van der Waals surface area contributed by atoms with Crippen molar-refractivity contribution in [3.05, 3.63) is 181 Å². The van der Waals surface area contributed by atoms with E-state index >= 15 is 0 Å². The summed E-state index contributed by atoms with van der Waals surface area (Å²) < 4.78 is 4.30. The summed E-state index contributed by atoms with van der Waals surface area (Å²) in [7, 11) is 0. The summed E-state index contributed by atoms with van der Waals surface area (Å²) in [5, 5.41) is 0. The van der Waals surface area contributed by atoms with Crippen LogP contribution >= 0.6 is 0 Å². The summed E-state index contributed by atoms with van der Waals surface area (Å²) in [4.78, 5) is 19.5. The van der Waals surface area contributed by atoms with Crippen molar-refractivity contribution in [1.82, 2.24) is 19.9 Å². The normalized spacial score (nSPS) is 12.5. The monoisotopic (exact) mass is 522 g/mol. The van der Waals surface area contributed by atoms with Crippen molar-refractivity contribution in [3.8, 4) is 0 Å². The summed E-state index contributed by atoms with van der Waals surface area (Å²) in [5.74, 6) is 0. The molecule has 0 N–H and O–H groups in total. The summed E-state index contributed by atoms with van der Waals surface area (Å²) in [6.07, 6.45) is 13.5. The first-order valence-electron chi connectivity index (χ1n) is 13.5. The number of pyridine rings is 6. The minimum atomic E-state index is -0.106. The summed E-state index contributed by atoms with van der Waals surface area (Å²) >= 11 is 0. The SMILES string of the molecule is c1cc[n+](C(c2ccccn2)c2cccc(CCc3cccc(C(c4ccccn4)[n+]4ccccc4)n3)n2)cc1. The highest BCUT2D eigenvalue weighted by molar-refractivity contribution is 5.24. The van der Waals surface area contributed by atoms with Crippen LogP contribution in [0.5, 0.6) is 0 Å². The third-order valence-electron chi connectivity index (χ3n) is 6.86. The molecule has 6 aromatic rings. The van der Waals surface area contributed by atoms with Gasteiger partial charge in [0.2, 0.25) is 12.1 Å². The van der Waals surface area contributed by atoms with Crippen LogP contribution in [0, 0.1) is 0 Å². The summed E-state index contributed by atoms with van der Waals surface area (Å²) in [5.41, 5.74) is 5.89. The number of aryl methyl sites for hydroxylation is 2. The van der Waals surface area contributed by atoms with Crippen LogP contribution in [-0.2, 0) is 12.8 Å². The molecule has 6 heterocycles. The van der Waals surface area contributed by atoms with Gasteiger partial charge in [-0.15, -0.1) is 0 Å². The van der Waals surface area contributed by atoms with E-state index in [1.165, 1.54) is 0 Å². The molecule has 2 unspecified atom stereocenters. The van der Waals surface area contributed by atoms with Gasteiger partial charge in [0.05, 0.1) is 0 Å². The standard InChI is InChI=1S/C34H30N6/c1-7-23-39(24-8-1)33(29-15-3-5-21-35-29)31-17-11-13-27(37-31)19-20-28-14-12-18-32(38-28)34(30-16-4-6-22-36-30)40-25-9-2-10-26-40/h1-18,21-26,33-34H,19-20H2/q+2. The second kappa shape index (κ2) is 12.2. The zero-order chi connectivity index (χ0) is 27.0. The largest absolute Gasteiger partial charge is 0.254 e. The molecule has 6 rings (SSSR count). The lowest BCUT2D eigenvalue weighted by molar-refractivity contribution is -0.706. The number of hydrogen-bond acceptors (Lipinski definition) is 4. The van der Waals surface area contributed by atoms with Crippen LogP contribution in [-0.4, -0.2) is 19.9 Å². The van der Waals surface area contributed by atoms with Gasteiger partial charge in [-0.25, -0.2) is 0 Å². The number of aromatic nitrogens is 6. The first-order valence-corrected chi connectivity index (χ1v) is 13.5. The lowest BCUT2D eigenvalue weighted by Gasteiger charge is -2.14. The zero-order valence-electron chi connectivity index (χ0n) is 22.1. The average molecular weight is 523 g/mol. The Morgan fingerprint density at radius 2 is 0.850 bits per heavy atom. The maximum atomic E-state index is 5.09. The zero-order valence-corrected chi connectivity index (χ0v) is 22.1. The van der Waals surface area contributed by atoms with Gasteiger partial charge in [0, 0.05) is 48.0 Å². The third kappa shape index (κ3) is 5.81. The Kier molecular flexibility index (Phi) is 7.67. The van der Waals surface area contributed by atoms with Crippen molar-refractivity contribution in [1.29, 1.82) is 0 Å². The average Bonchev–Trinajstić information content (AvgIpc) is 3.03. The van der Waals surface area contributed by atoms with Gasteiger partial charge in [-0.05, 0) is 61.4 Å². The van der Waals surface area contributed by atoms with Gasteiger partial charge in [-0.2, -0.15) is 9.13 Å². The summed E-state index contributed by atoms with van der Waals surface area (Å²) in [6.45, 7) is 0. The van der Waals surface area contributed by atoms with Crippen LogP contribution in [0.4, 0.5) is 0 Å².